The lowest BCUT2D eigenvalue weighted by Crippen LogP contribution is -2.21. The lowest BCUT2D eigenvalue weighted by molar-refractivity contribution is -0.384. The van der Waals surface area contributed by atoms with E-state index in [-0.39, 0.29) is 22.7 Å². The molecule has 0 amide bonds. The Morgan fingerprint density at radius 3 is 2.74 bits per heavy atom. The summed E-state index contributed by atoms with van der Waals surface area (Å²) in [6.07, 6.45) is 1.43. The van der Waals surface area contributed by atoms with E-state index in [1.165, 1.54) is 24.3 Å². The van der Waals surface area contributed by atoms with Crippen LogP contribution < -0.4 is 5.32 Å². The van der Waals surface area contributed by atoms with E-state index in [9.17, 15) is 18.5 Å². The van der Waals surface area contributed by atoms with Gasteiger partial charge >= 0.3 is 0 Å². The number of nitriles is 1. The smallest absolute Gasteiger partial charge is 0.292 e. The topological polar surface area (TPSA) is 113 Å². The average Bonchev–Trinajstić information content (AvgIpc) is 2.68. The van der Waals surface area contributed by atoms with Crippen molar-refractivity contribution in [2.45, 2.75) is 6.04 Å². The highest BCUT2D eigenvalue weighted by Gasteiger charge is 2.24. The summed E-state index contributed by atoms with van der Waals surface area (Å²) in [5.74, 6) is -0.152. The highest BCUT2D eigenvalue weighted by Crippen LogP contribution is 2.27. The Morgan fingerprint density at radius 2 is 2.21 bits per heavy atom. The van der Waals surface area contributed by atoms with Crippen LogP contribution in [0.1, 0.15) is 5.56 Å². The molecule has 1 aromatic carbocycles. The van der Waals surface area contributed by atoms with Crippen molar-refractivity contribution in [2.75, 3.05) is 11.1 Å². The lowest BCUT2D eigenvalue weighted by atomic mass is 10.1. The van der Waals surface area contributed by atoms with Crippen LogP contribution in [0.3, 0.4) is 0 Å². The monoisotopic (exact) mass is 279 g/mol. The SMILES string of the molecule is N#Cc1ccc([N+](=O)[O-])c(NC2C=CS(=O)(=O)C2)c1. The van der Waals surface area contributed by atoms with Crippen LogP contribution in [-0.4, -0.2) is 25.1 Å². The van der Waals surface area contributed by atoms with Crippen LogP contribution in [0.25, 0.3) is 0 Å². The van der Waals surface area contributed by atoms with Gasteiger partial charge in [-0.05, 0) is 12.1 Å². The third-order valence-corrected chi connectivity index (χ3v) is 3.99. The van der Waals surface area contributed by atoms with E-state index in [2.05, 4.69) is 5.32 Å². The number of hydrogen-bond acceptors (Lipinski definition) is 6. The first kappa shape index (κ1) is 13.0. The Hall–Kier alpha value is -2.40. The maximum absolute atomic E-state index is 11.3. The number of nitro benzene ring substituents is 1. The zero-order valence-electron chi connectivity index (χ0n) is 9.61. The molecule has 0 saturated carbocycles. The van der Waals surface area contributed by atoms with Crippen molar-refractivity contribution in [3.63, 3.8) is 0 Å². The zero-order chi connectivity index (χ0) is 14.0. The molecule has 1 aliphatic rings. The minimum Gasteiger partial charge on any atom is -0.372 e. The molecule has 1 unspecified atom stereocenters. The Bertz CT molecular complexity index is 703. The Morgan fingerprint density at radius 1 is 1.47 bits per heavy atom. The second-order valence-corrected chi connectivity index (χ2v) is 5.94. The maximum atomic E-state index is 11.3. The lowest BCUT2D eigenvalue weighted by Gasteiger charge is -2.11. The quantitative estimate of drug-likeness (QED) is 0.656. The second-order valence-electron chi connectivity index (χ2n) is 4.01. The molecule has 0 bridgehead atoms. The minimum absolute atomic E-state index is 0.135. The summed E-state index contributed by atoms with van der Waals surface area (Å²) in [5.41, 5.74) is 0.199. The molecule has 2 rings (SSSR count). The van der Waals surface area contributed by atoms with E-state index in [0.717, 1.165) is 5.41 Å². The highest BCUT2D eigenvalue weighted by molar-refractivity contribution is 7.94. The third-order valence-electron chi connectivity index (χ3n) is 2.59. The van der Waals surface area contributed by atoms with E-state index >= 15 is 0 Å². The summed E-state index contributed by atoms with van der Waals surface area (Å²) in [6, 6.07) is 5.23. The summed E-state index contributed by atoms with van der Waals surface area (Å²) < 4.78 is 22.5. The van der Waals surface area contributed by atoms with E-state index < -0.39 is 20.8 Å². The first-order chi connectivity index (χ1) is 8.91. The minimum atomic E-state index is -3.24. The maximum Gasteiger partial charge on any atom is 0.292 e. The summed E-state index contributed by atoms with van der Waals surface area (Å²) in [5, 5.41) is 23.5. The molecule has 0 aromatic heterocycles. The number of hydrogen-bond donors (Lipinski definition) is 1. The van der Waals surface area contributed by atoms with Crippen LogP contribution in [0.2, 0.25) is 0 Å². The van der Waals surface area contributed by atoms with Crippen molar-refractivity contribution in [1.29, 1.82) is 5.26 Å². The Kier molecular flexibility index (Phi) is 3.23. The molecule has 7 nitrogen and oxygen atoms in total. The number of rotatable bonds is 3. The van der Waals surface area contributed by atoms with Gasteiger partial charge in [0.25, 0.3) is 5.69 Å². The Labute approximate surface area is 109 Å². The molecule has 0 aliphatic carbocycles. The molecule has 1 N–H and O–H groups in total. The van der Waals surface area contributed by atoms with Crippen LogP contribution in [0, 0.1) is 21.4 Å². The number of nitro groups is 1. The fraction of sp³-hybridized carbons (Fsp3) is 0.182. The molecule has 1 aliphatic heterocycles. The van der Waals surface area contributed by atoms with Crippen LogP contribution in [-0.2, 0) is 9.84 Å². The van der Waals surface area contributed by atoms with Gasteiger partial charge in [-0.25, -0.2) is 8.42 Å². The van der Waals surface area contributed by atoms with Gasteiger partial charge in [0.05, 0.1) is 28.4 Å². The van der Waals surface area contributed by atoms with Crippen molar-refractivity contribution in [3.05, 3.63) is 45.4 Å². The molecule has 98 valence electrons. The fourth-order valence-electron chi connectivity index (χ4n) is 1.75. The number of nitrogens with zero attached hydrogens (tertiary/aromatic N) is 2. The van der Waals surface area contributed by atoms with Gasteiger partial charge in [-0.1, -0.05) is 6.08 Å². The van der Waals surface area contributed by atoms with Gasteiger partial charge in [0.2, 0.25) is 0 Å². The van der Waals surface area contributed by atoms with Gasteiger partial charge in [0.1, 0.15) is 5.69 Å². The second kappa shape index (κ2) is 4.70. The number of sulfone groups is 1. The van der Waals surface area contributed by atoms with E-state index in [4.69, 9.17) is 5.26 Å². The molecule has 0 fully saturated rings. The first-order valence-corrected chi connectivity index (χ1v) is 6.99. The summed E-state index contributed by atoms with van der Waals surface area (Å²) >= 11 is 0. The average molecular weight is 279 g/mol. The highest BCUT2D eigenvalue weighted by atomic mass is 32.2. The third kappa shape index (κ3) is 2.89. The molecule has 1 atom stereocenters. The van der Waals surface area contributed by atoms with Gasteiger partial charge in [-0.15, -0.1) is 0 Å². The van der Waals surface area contributed by atoms with Gasteiger partial charge in [0.15, 0.2) is 9.84 Å². The van der Waals surface area contributed by atoms with Gasteiger partial charge < -0.3 is 5.32 Å². The Balaban J connectivity index is 2.32. The predicted molar refractivity (Wildman–Crippen MR) is 68.1 cm³/mol. The predicted octanol–water partition coefficient (Wildman–Crippen LogP) is 1.19. The van der Waals surface area contributed by atoms with Crippen LogP contribution >= 0.6 is 0 Å². The van der Waals surface area contributed by atoms with Crippen molar-refractivity contribution >= 4 is 21.2 Å². The number of anilines is 1. The molecular weight excluding hydrogens is 270 g/mol. The molecule has 8 heteroatoms. The van der Waals surface area contributed by atoms with Crippen LogP contribution in [0.4, 0.5) is 11.4 Å². The van der Waals surface area contributed by atoms with Crippen LogP contribution in [0.15, 0.2) is 29.7 Å². The fourth-order valence-corrected chi connectivity index (χ4v) is 2.98. The van der Waals surface area contributed by atoms with Gasteiger partial charge in [0, 0.05) is 11.5 Å². The first-order valence-electron chi connectivity index (χ1n) is 5.27. The molecule has 0 radical (unpaired) electrons. The largest absolute Gasteiger partial charge is 0.372 e. The van der Waals surface area contributed by atoms with Crippen molar-refractivity contribution in [3.8, 4) is 6.07 Å². The van der Waals surface area contributed by atoms with Gasteiger partial charge in [-0.3, -0.25) is 10.1 Å². The summed E-state index contributed by atoms with van der Waals surface area (Å²) in [7, 11) is -3.24. The van der Waals surface area contributed by atoms with Crippen molar-refractivity contribution in [2.24, 2.45) is 0 Å². The zero-order valence-corrected chi connectivity index (χ0v) is 10.4. The summed E-state index contributed by atoms with van der Waals surface area (Å²) in [4.78, 5) is 10.3. The molecule has 1 aromatic rings. The van der Waals surface area contributed by atoms with Crippen molar-refractivity contribution in [1.82, 2.24) is 0 Å². The van der Waals surface area contributed by atoms with E-state index in [0.29, 0.717) is 0 Å². The normalized spacial score (nSPS) is 19.8. The molecular formula is C11H9N3O4S. The van der Waals surface area contributed by atoms with Crippen LogP contribution in [0.5, 0.6) is 0 Å². The molecule has 1 heterocycles. The molecule has 19 heavy (non-hydrogen) atoms. The van der Waals surface area contributed by atoms with E-state index in [1.54, 1.807) is 0 Å². The van der Waals surface area contributed by atoms with Crippen molar-refractivity contribution < 1.29 is 13.3 Å². The molecule has 0 saturated heterocycles. The number of benzene rings is 1. The van der Waals surface area contributed by atoms with E-state index in [1.807, 2.05) is 6.07 Å². The number of nitrogens with one attached hydrogen (secondary N) is 1. The van der Waals surface area contributed by atoms with Gasteiger partial charge in [-0.2, -0.15) is 5.26 Å². The summed E-state index contributed by atoms with van der Waals surface area (Å²) in [6.45, 7) is 0. The standard InChI is InChI=1S/C11H9N3O4S/c12-6-8-1-2-11(14(15)16)10(5-8)13-9-3-4-19(17,18)7-9/h1-5,9,13H,7H2. The molecule has 0 spiro atoms.